The Morgan fingerprint density at radius 1 is 1.53 bits per heavy atom. The van der Waals surface area contributed by atoms with Gasteiger partial charge in [0, 0.05) is 12.7 Å². The number of hydrogen-bond acceptors (Lipinski definition) is 4. The summed E-state index contributed by atoms with van der Waals surface area (Å²) in [7, 11) is 0. The molecule has 0 aliphatic carbocycles. The van der Waals surface area contributed by atoms with Crippen molar-refractivity contribution in [2.45, 2.75) is 32.5 Å². The summed E-state index contributed by atoms with van der Waals surface area (Å²) in [5.74, 6) is -0.373. The van der Waals surface area contributed by atoms with Crippen molar-refractivity contribution in [2.24, 2.45) is 5.92 Å². The normalized spacial score (nSPS) is 11.4. The zero-order valence-corrected chi connectivity index (χ0v) is 12.1. The van der Waals surface area contributed by atoms with Gasteiger partial charge in [0.2, 0.25) is 0 Å². The number of fused-ring (bicyclic) bond motifs is 1. The standard InChI is InChI=1S/C13H17N3O2S/c1-8(2)6-16-12-10(4-9(3)5-14-12)15-13(16)19-7-11(17)18/h4-5,8H,6-7H2,1-3H3,(H,17,18). The van der Waals surface area contributed by atoms with Crippen molar-refractivity contribution in [1.82, 2.24) is 14.5 Å². The Kier molecular flexibility index (Phi) is 4.09. The molecule has 0 amide bonds. The third kappa shape index (κ3) is 3.26. The zero-order valence-electron chi connectivity index (χ0n) is 11.3. The van der Waals surface area contributed by atoms with Crippen molar-refractivity contribution in [1.29, 1.82) is 0 Å². The quantitative estimate of drug-likeness (QED) is 0.852. The Labute approximate surface area is 116 Å². The molecule has 0 fully saturated rings. The number of aliphatic carboxylic acids is 1. The summed E-state index contributed by atoms with van der Waals surface area (Å²) >= 11 is 1.24. The Morgan fingerprint density at radius 3 is 2.89 bits per heavy atom. The molecule has 102 valence electrons. The molecule has 0 aliphatic heterocycles. The molecular formula is C13H17N3O2S. The Bertz CT molecular complexity index is 607. The third-order valence-electron chi connectivity index (χ3n) is 2.56. The molecule has 0 saturated carbocycles. The Balaban J connectivity index is 2.44. The van der Waals surface area contributed by atoms with Crippen molar-refractivity contribution in [2.75, 3.05) is 5.75 Å². The van der Waals surface area contributed by atoms with Gasteiger partial charge in [0.25, 0.3) is 0 Å². The third-order valence-corrected chi connectivity index (χ3v) is 3.52. The van der Waals surface area contributed by atoms with Crippen molar-refractivity contribution in [3.63, 3.8) is 0 Å². The number of imidazole rings is 1. The maximum Gasteiger partial charge on any atom is 0.313 e. The lowest BCUT2D eigenvalue weighted by molar-refractivity contribution is -0.133. The largest absolute Gasteiger partial charge is 0.481 e. The first-order chi connectivity index (χ1) is 8.97. The van der Waals surface area contributed by atoms with Gasteiger partial charge in [-0.3, -0.25) is 4.79 Å². The molecule has 1 N–H and O–H groups in total. The lowest BCUT2D eigenvalue weighted by Gasteiger charge is -2.10. The molecule has 19 heavy (non-hydrogen) atoms. The van der Waals surface area contributed by atoms with E-state index in [0.29, 0.717) is 5.92 Å². The van der Waals surface area contributed by atoms with Crippen molar-refractivity contribution >= 4 is 28.9 Å². The molecule has 2 aromatic heterocycles. The van der Waals surface area contributed by atoms with Gasteiger partial charge in [-0.15, -0.1) is 0 Å². The monoisotopic (exact) mass is 279 g/mol. The zero-order chi connectivity index (χ0) is 14.0. The molecule has 2 rings (SSSR count). The van der Waals surface area contributed by atoms with Gasteiger partial charge < -0.3 is 9.67 Å². The molecule has 2 heterocycles. The van der Waals surface area contributed by atoms with Gasteiger partial charge in [-0.25, -0.2) is 9.97 Å². The summed E-state index contributed by atoms with van der Waals surface area (Å²) in [5, 5.41) is 9.52. The van der Waals surface area contributed by atoms with Crippen LogP contribution < -0.4 is 0 Å². The minimum atomic E-state index is -0.836. The second kappa shape index (κ2) is 5.61. The van der Waals surface area contributed by atoms with E-state index in [0.717, 1.165) is 28.4 Å². The van der Waals surface area contributed by atoms with Crippen LogP contribution in [0.3, 0.4) is 0 Å². The predicted molar refractivity (Wildman–Crippen MR) is 75.5 cm³/mol. The molecule has 0 bridgehead atoms. The van der Waals surface area contributed by atoms with E-state index >= 15 is 0 Å². The van der Waals surface area contributed by atoms with E-state index in [-0.39, 0.29) is 5.75 Å². The van der Waals surface area contributed by atoms with Gasteiger partial charge in [-0.1, -0.05) is 25.6 Å². The average molecular weight is 279 g/mol. The maximum absolute atomic E-state index is 10.7. The van der Waals surface area contributed by atoms with Crippen LogP contribution in [0.15, 0.2) is 17.4 Å². The summed E-state index contributed by atoms with van der Waals surface area (Å²) in [6.45, 7) is 6.99. The number of carbonyl (C=O) groups is 1. The highest BCUT2D eigenvalue weighted by molar-refractivity contribution is 7.99. The van der Waals surface area contributed by atoms with Gasteiger partial charge in [0.15, 0.2) is 10.8 Å². The van der Waals surface area contributed by atoms with Crippen LogP contribution >= 0.6 is 11.8 Å². The summed E-state index contributed by atoms with van der Waals surface area (Å²) in [5.41, 5.74) is 2.71. The molecule has 0 spiro atoms. The molecule has 5 nitrogen and oxygen atoms in total. The number of rotatable bonds is 5. The predicted octanol–water partition coefficient (Wildman–Crippen LogP) is 2.57. The molecular weight excluding hydrogens is 262 g/mol. The topological polar surface area (TPSA) is 68.0 Å². The molecule has 0 saturated heterocycles. The van der Waals surface area contributed by atoms with Gasteiger partial charge in [0.1, 0.15) is 5.52 Å². The van der Waals surface area contributed by atoms with Crippen LogP contribution in [0, 0.1) is 12.8 Å². The smallest absolute Gasteiger partial charge is 0.313 e. The van der Waals surface area contributed by atoms with Crippen molar-refractivity contribution in [3.8, 4) is 0 Å². The number of carboxylic acid groups (broad SMARTS) is 1. The summed E-state index contributed by atoms with van der Waals surface area (Å²) in [4.78, 5) is 19.6. The molecule has 0 atom stereocenters. The van der Waals surface area contributed by atoms with Crippen LogP contribution in [0.4, 0.5) is 0 Å². The fourth-order valence-corrected chi connectivity index (χ4v) is 2.59. The number of thioether (sulfide) groups is 1. The van der Waals surface area contributed by atoms with Crippen LogP contribution in [-0.2, 0) is 11.3 Å². The minimum absolute atomic E-state index is 0.0143. The van der Waals surface area contributed by atoms with Gasteiger partial charge in [0.05, 0.1) is 5.75 Å². The Morgan fingerprint density at radius 2 is 2.26 bits per heavy atom. The number of aryl methyl sites for hydroxylation is 1. The molecule has 0 unspecified atom stereocenters. The first-order valence-corrected chi connectivity index (χ1v) is 7.13. The average Bonchev–Trinajstić information content (AvgIpc) is 2.63. The van der Waals surface area contributed by atoms with Crippen LogP contribution in [0.1, 0.15) is 19.4 Å². The van der Waals surface area contributed by atoms with Gasteiger partial charge in [-0.05, 0) is 24.5 Å². The summed E-state index contributed by atoms with van der Waals surface area (Å²) in [6, 6.07) is 1.98. The van der Waals surface area contributed by atoms with E-state index in [4.69, 9.17) is 5.11 Å². The van der Waals surface area contributed by atoms with Crippen LogP contribution in [-0.4, -0.2) is 31.4 Å². The van der Waals surface area contributed by atoms with E-state index in [1.807, 2.05) is 23.8 Å². The highest BCUT2D eigenvalue weighted by Crippen LogP contribution is 2.24. The fraction of sp³-hybridized carbons (Fsp3) is 0.462. The number of pyridine rings is 1. The van der Waals surface area contributed by atoms with Crippen LogP contribution in [0.25, 0.3) is 11.2 Å². The highest BCUT2D eigenvalue weighted by atomic mass is 32.2. The van der Waals surface area contributed by atoms with Gasteiger partial charge in [-0.2, -0.15) is 0 Å². The number of hydrogen-bond donors (Lipinski definition) is 1. The fourth-order valence-electron chi connectivity index (χ4n) is 1.86. The first-order valence-electron chi connectivity index (χ1n) is 6.15. The van der Waals surface area contributed by atoms with E-state index in [1.165, 1.54) is 11.8 Å². The Hall–Kier alpha value is -1.56. The lowest BCUT2D eigenvalue weighted by atomic mass is 10.2. The summed E-state index contributed by atoms with van der Waals surface area (Å²) < 4.78 is 2.01. The summed E-state index contributed by atoms with van der Waals surface area (Å²) in [6.07, 6.45) is 1.81. The number of carboxylic acids is 1. The van der Waals surface area contributed by atoms with E-state index in [1.54, 1.807) is 0 Å². The molecule has 2 aromatic rings. The first kappa shape index (κ1) is 13.9. The maximum atomic E-state index is 10.7. The second-order valence-corrected chi connectivity index (χ2v) is 5.88. The minimum Gasteiger partial charge on any atom is -0.481 e. The van der Waals surface area contributed by atoms with Crippen LogP contribution in [0.5, 0.6) is 0 Å². The van der Waals surface area contributed by atoms with Gasteiger partial charge >= 0.3 is 5.97 Å². The lowest BCUT2D eigenvalue weighted by Crippen LogP contribution is -2.08. The van der Waals surface area contributed by atoms with Crippen LogP contribution in [0.2, 0.25) is 0 Å². The molecule has 0 radical (unpaired) electrons. The van der Waals surface area contributed by atoms with Crippen molar-refractivity contribution < 1.29 is 9.90 Å². The molecule has 0 aromatic carbocycles. The second-order valence-electron chi connectivity index (χ2n) is 4.94. The number of aromatic nitrogens is 3. The van der Waals surface area contributed by atoms with E-state index in [9.17, 15) is 4.79 Å². The van der Waals surface area contributed by atoms with Crippen molar-refractivity contribution in [3.05, 3.63) is 17.8 Å². The highest BCUT2D eigenvalue weighted by Gasteiger charge is 2.14. The number of nitrogens with zero attached hydrogens (tertiary/aromatic N) is 3. The SMILES string of the molecule is Cc1cnc2c(c1)nc(SCC(=O)O)n2CC(C)C. The molecule has 0 aliphatic rings. The molecule has 6 heteroatoms. The van der Waals surface area contributed by atoms with E-state index in [2.05, 4.69) is 23.8 Å². The van der Waals surface area contributed by atoms with E-state index < -0.39 is 5.97 Å².